The quantitative estimate of drug-likeness (QED) is 0.760. The van der Waals surface area contributed by atoms with Crippen LogP contribution in [-0.2, 0) is 9.59 Å². The fourth-order valence-corrected chi connectivity index (χ4v) is 4.19. The van der Waals surface area contributed by atoms with Gasteiger partial charge in [-0.05, 0) is 37.8 Å². The van der Waals surface area contributed by atoms with Crippen LogP contribution in [0.2, 0.25) is 0 Å². The Hall–Kier alpha value is -2.04. The van der Waals surface area contributed by atoms with Crippen molar-refractivity contribution in [1.29, 1.82) is 0 Å². The van der Waals surface area contributed by atoms with Crippen LogP contribution in [0, 0.1) is 17.8 Å². The topological polar surface area (TPSA) is 66.6 Å². The van der Waals surface area contributed by atoms with E-state index in [1.54, 1.807) is 0 Å². The van der Waals surface area contributed by atoms with Crippen molar-refractivity contribution >= 4 is 17.5 Å². The van der Waals surface area contributed by atoms with Crippen LogP contribution in [0.25, 0.3) is 0 Å². The van der Waals surface area contributed by atoms with Gasteiger partial charge in [-0.2, -0.15) is 0 Å². The van der Waals surface area contributed by atoms with Crippen molar-refractivity contribution in [3.8, 4) is 0 Å². The summed E-state index contributed by atoms with van der Waals surface area (Å²) in [6.07, 6.45) is 2.24. The third kappa shape index (κ3) is 5.47. The highest BCUT2D eigenvalue weighted by atomic mass is 16.2. The number of rotatable bonds is 8. The highest BCUT2D eigenvalue weighted by molar-refractivity contribution is 5.87. The van der Waals surface area contributed by atoms with Crippen LogP contribution in [0.1, 0.15) is 47.0 Å². The molecule has 2 N–H and O–H groups in total. The van der Waals surface area contributed by atoms with Crippen LogP contribution >= 0.6 is 0 Å². The normalized spacial score (nSPS) is 19.8. The molecule has 1 aliphatic heterocycles. The number of piperazine rings is 1. The summed E-state index contributed by atoms with van der Waals surface area (Å²) in [5.74, 6) is -0.571. The summed E-state index contributed by atoms with van der Waals surface area (Å²) in [6, 6.07) is 10.6. The Kier molecular flexibility index (Phi) is 7.69. The van der Waals surface area contributed by atoms with Crippen molar-refractivity contribution in [2.24, 2.45) is 23.5 Å². The first-order valence-corrected chi connectivity index (χ1v) is 10.2. The molecular formula is C22H35N3O2. The molecule has 1 heterocycles. The summed E-state index contributed by atoms with van der Waals surface area (Å²) < 4.78 is 0. The van der Waals surface area contributed by atoms with Gasteiger partial charge in [0, 0.05) is 43.2 Å². The van der Waals surface area contributed by atoms with Crippen LogP contribution in [0.4, 0.5) is 5.69 Å². The Morgan fingerprint density at radius 3 is 2.33 bits per heavy atom. The maximum absolute atomic E-state index is 13.3. The number of carbonyl (C=O) groups is 2. The van der Waals surface area contributed by atoms with Crippen LogP contribution in [0.15, 0.2) is 30.3 Å². The Labute approximate surface area is 163 Å². The number of amides is 2. The van der Waals surface area contributed by atoms with Gasteiger partial charge in [-0.3, -0.25) is 9.59 Å². The Bertz CT molecular complexity index is 617. The number of para-hydroxylation sites is 1. The van der Waals surface area contributed by atoms with Gasteiger partial charge in [0.2, 0.25) is 11.8 Å². The Morgan fingerprint density at radius 2 is 1.81 bits per heavy atom. The van der Waals surface area contributed by atoms with E-state index in [4.69, 9.17) is 5.73 Å². The van der Waals surface area contributed by atoms with E-state index in [0.717, 1.165) is 13.0 Å². The van der Waals surface area contributed by atoms with Gasteiger partial charge in [0.25, 0.3) is 0 Å². The van der Waals surface area contributed by atoms with E-state index < -0.39 is 0 Å². The zero-order chi connectivity index (χ0) is 20.0. The third-order valence-electron chi connectivity index (χ3n) is 5.52. The highest BCUT2D eigenvalue weighted by Gasteiger charge is 2.37. The molecule has 5 heteroatoms. The van der Waals surface area contributed by atoms with Crippen molar-refractivity contribution < 1.29 is 9.59 Å². The summed E-state index contributed by atoms with van der Waals surface area (Å²) in [7, 11) is 0. The van der Waals surface area contributed by atoms with Crippen molar-refractivity contribution in [2.45, 2.75) is 53.0 Å². The van der Waals surface area contributed by atoms with Gasteiger partial charge in [0.1, 0.15) is 0 Å². The molecular weight excluding hydrogens is 338 g/mol. The molecule has 2 rings (SSSR count). The van der Waals surface area contributed by atoms with Gasteiger partial charge in [0.05, 0.1) is 0 Å². The summed E-state index contributed by atoms with van der Waals surface area (Å²) in [6.45, 7) is 10.6. The minimum Gasteiger partial charge on any atom is -0.369 e. The van der Waals surface area contributed by atoms with Gasteiger partial charge in [-0.25, -0.2) is 0 Å². The second-order valence-electron chi connectivity index (χ2n) is 8.20. The average Bonchev–Trinajstić information content (AvgIpc) is 2.64. The minimum atomic E-state index is -0.368. The van der Waals surface area contributed by atoms with Crippen LogP contribution < -0.4 is 10.6 Å². The zero-order valence-electron chi connectivity index (χ0n) is 17.2. The molecule has 0 saturated carbocycles. The van der Waals surface area contributed by atoms with E-state index in [0.29, 0.717) is 31.8 Å². The van der Waals surface area contributed by atoms with E-state index in [2.05, 4.69) is 37.8 Å². The second kappa shape index (κ2) is 9.77. The maximum Gasteiger partial charge on any atom is 0.226 e. The number of anilines is 1. The van der Waals surface area contributed by atoms with E-state index in [-0.39, 0.29) is 29.7 Å². The molecule has 0 aliphatic carbocycles. The summed E-state index contributed by atoms with van der Waals surface area (Å²) in [5, 5.41) is 0. The predicted molar refractivity (Wildman–Crippen MR) is 110 cm³/mol. The van der Waals surface area contributed by atoms with Gasteiger partial charge in [0.15, 0.2) is 0 Å². The number of benzene rings is 1. The highest BCUT2D eigenvalue weighted by Crippen LogP contribution is 2.28. The first kappa shape index (κ1) is 21.3. The third-order valence-corrected chi connectivity index (χ3v) is 5.52. The molecule has 5 nitrogen and oxygen atoms in total. The lowest BCUT2D eigenvalue weighted by atomic mass is 9.81. The molecule has 150 valence electrons. The average molecular weight is 374 g/mol. The molecule has 0 aromatic heterocycles. The molecule has 1 aromatic rings. The van der Waals surface area contributed by atoms with Crippen LogP contribution in [0.5, 0.6) is 0 Å². The lowest BCUT2D eigenvalue weighted by Gasteiger charge is -2.43. The van der Waals surface area contributed by atoms with Crippen LogP contribution in [0.3, 0.4) is 0 Å². The number of primary amides is 1. The SMILES string of the molecule is CCC[C@H](C(N)=O)[C@@H](CC(C)C)C(=O)N1CCN(c2ccccc2)C(C)C1. The monoisotopic (exact) mass is 373 g/mol. The summed E-state index contributed by atoms with van der Waals surface area (Å²) in [4.78, 5) is 29.7. The van der Waals surface area contributed by atoms with Crippen molar-refractivity contribution in [3.05, 3.63) is 30.3 Å². The van der Waals surface area contributed by atoms with Gasteiger partial charge < -0.3 is 15.5 Å². The first-order chi connectivity index (χ1) is 12.8. The maximum atomic E-state index is 13.3. The Morgan fingerprint density at radius 1 is 1.15 bits per heavy atom. The minimum absolute atomic E-state index is 0.0977. The lowest BCUT2D eigenvalue weighted by molar-refractivity contribution is -0.142. The standard InChI is InChI=1S/C22H35N3O2/c1-5-9-19(21(23)26)20(14-16(2)3)22(27)24-12-13-25(17(4)15-24)18-10-7-6-8-11-18/h6-8,10-11,16-17,19-20H,5,9,12-15H2,1-4H3,(H2,23,26)/t17?,19-,20+/m0/s1. The second-order valence-corrected chi connectivity index (χ2v) is 8.20. The number of hydrogen-bond acceptors (Lipinski definition) is 3. The molecule has 27 heavy (non-hydrogen) atoms. The molecule has 2 amide bonds. The van der Waals surface area contributed by atoms with Gasteiger partial charge in [-0.1, -0.05) is 45.4 Å². The van der Waals surface area contributed by atoms with Gasteiger partial charge in [-0.15, -0.1) is 0 Å². The first-order valence-electron chi connectivity index (χ1n) is 10.2. The fraction of sp³-hybridized carbons (Fsp3) is 0.636. The molecule has 0 spiro atoms. The molecule has 1 fully saturated rings. The van der Waals surface area contributed by atoms with Crippen molar-refractivity contribution in [2.75, 3.05) is 24.5 Å². The lowest BCUT2D eigenvalue weighted by Crippen LogP contribution is -2.56. The van der Waals surface area contributed by atoms with E-state index in [1.807, 2.05) is 30.0 Å². The molecule has 1 unspecified atom stereocenters. The number of hydrogen-bond donors (Lipinski definition) is 1. The predicted octanol–water partition coefficient (Wildman–Crippen LogP) is 3.29. The molecule has 3 atom stereocenters. The summed E-state index contributed by atoms with van der Waals surface area (Å²) >= 11 is 0. The van der Waals surface area contributed by atoms with E-state index >= 15 is 0 Å². The Balaban J connectivity index is 2.12. The van der Waals surface area contributed by atoms with E-state index in [1.165, 1.54) is 5.69 Å². The molecule has 0 bridgehead atoms. The zero-order valence-corrected chi connectivity index (χ0v) is 17.2. The molecule has 0 radical (unpaired) electrons. The smallest absolute Gasteiger partial charge is 0.226 e. The molecule has 1 aliphatic rings. The van der Waals surface area contributed by atoms with Crippen molar-refractivity contribution in [1.82, 2.24) is 4.90 Å². The van der Waals surface area contributed by atoms with Crippen molar-refractivity contribution in [3.63, 3.8) is 0 Å². The summed E-state index contributed by atoms with van der Waals surface area (Å²) in [5.41, 5.74) is 6.87. The number of nitrogens with zero attached hydrogens (tertiary/aromatic N) is 2. The fourth-order valence-electron chi connectivity index (χ4n) is 4.19. The molecule has 1 saturated heterocycles. The number of nitrogens with two attached hydrogens (primary N) is 1. The number of carbonyl (C=O) groups excluding carboxylic acids is 2. The van der Waals surface area contributed by atoms with E-state index in [9.17, 15) is 9.59 Å². The van der Waals surface area contributed by atoms with Gasteiger partial charge >= 0.3 is 0 Å². The van der Waals surface area contributed by atoms with Crippen LogP contribution in [-0.4, -0.2) is 42.4 Å². The largest absolute Gasteiger partial charge is 0.369 e. The molecule has 1 aromatic carbocycles.